The molecule has 1 radical (unpaired) electrons. The Morgan fingerprint density at radius 1 is 0.800 bits per heavy atom. The van der Waals surface area contributed by atoms with Crippen LogP contribution >= 0.6 is 0 Å². The average Bonchev–Trinajstić information content (AvgIpc) is 2.28. The maximum absolute atomic E-state index is 2.51. The fourth-order valence-corrected chi connectivity index (χ4v) is 2.61. The van der Waals surface area contributed by atoms with Crippen molar-refractivity contribution in [3.05, 3.63) is 6.42 Å². The number of rotatable bonds is 0. The summed E-state index contributed by atoms with van der Waals surface area (Å²) in [5.41, 5.74) is 0. The quantitative estimate of drug-likeness (QED) is 0.481. The summed E-state index contributed by atoms with van der Waals surface area (Å²) in [7, 11) is 0. The van der Waals surface area contributed by atoms with Crippen molar-refractivity contribution in [2.24, 2.45) is 11.8 Å². The van der Waals surface area contributed by atoms with Crippen LogP contribution in [0.25, 0.3) is 0 Å². The molecule has 2 aliphatic carbocycles. The molecule has 57 valence electrons. The maximum atomic E-state index is 2.51. The minimum absolute atomic E-state index is 1.10. The Morgan fingerprint density at radius 2 is 1.40 bits per heavy atom. The Bertz CT molecular complexity index is 94.6. The van der Waals surface area contributed by atoms with Crippen LogP contribution in [0.2, 0.25) is 0 Å². The van der Waals surface area contributed by atoms with E-state index in [9.17, 15) is 0 Å². The van der Waals surface area contributed by atoms with Crippen LogP contribution in [0.1, 0.15) is 44.9 Å². The third kappa shape index (κ3) is 1.21. The molecule has 0 bridgehead atoms. The highest BCUT2D eigenvalue weighted by Crippen LogP contribution is 2.40. The summed E-state index contributed by atoms with van der Waals surface area (Å²) < 4.78 is 0. The van der Waals surface area contributed by atoms with Crippen molar-refractivity contribution in [3.63, 3.8) is 0 Å². The lowest BCUT2D eigenvalue weighted by atomic mass is 9.92. The first-order chi connectivity index (χ1) is 4.97. The lowest BCUT2D eigenvalue weighted by Crippen LogP contribution is -2.04. The molecule has 2 rings (SSSR count). The lowest BCUT2D eigenvalue weighted by molar-refractivity contribution is 0.367. The molecular formula is C10H17. The first-order valence-corrected chi connectivity index (χ1v) is 4.78. The summed E-state index contributed by atoms with van der Waals surface area (Å²) in [6.07, 6.45) is 13.0. The predicted molar refractivity (Wildman–Crippen MR) is 43.6 cm³/mol. The summed E-state index contributed by atoms with van der Waals surface area (Å²) in [5.74, 6) is 2.20. The van der Waals surface area contributed by atoms with Crippen molar-refractivity contribution in [2.75, 3.05) is 0 Å². The van der Waals surface area contributed by atoms with Crippen molar-refractivity contribution < 1.29 is 0 Å². The molecule has 0 N–H and O–H groups in total. The van der Waals surface area contributed by atoms with Crippen molar-refractivity contribution >= 4 is 0 Å². The summed E-state index contributed by atoms with van der Waals surface area (Å²) in [4.78, 5) is 0. The zero-order valence-corrected chi connectivity index (χ0v) is 6.68. The largest absolute Gasteiger partial charge is 0.0533 e. The molecule has 0 saturated heterocycles. The van der Waals surface area contributed by atoms with Gasteiger partial charge >= 0.3 is 0 Å². The highest BCUT2D eigenvalue weighted by atomic mass is 14.3. The third-order valence-electron chi connectivity index (χ3n) is 3.26. The topological polar surface area (TPSA) is 0 Å². The molecule has 0 aromatic carbocycles. The van der Waals surface area contributed by atoms with E-state index in [1.165, 1.54) is 44.9 Å². The number of hydrogen-bond acceptors (Lipinski definition) is 0. The molecule has 0 nitrogen and oxygen atoms in total. The van der Waals surface area contributed by atoms with E-state index >= 15 is 0 Å². The first kappa shape index (κ1) is 6.69. The van der Waals surface area contributed by atoms with Crippen LogP contribution in [-0.2, 0) is 0 Å². The van der Waals surface area contributed by atoms with Gasteiger partial charge in [-0.2, -0.15) is 0 Å². The molecule has 2 atom stereocenters. The molecule has 0 aromatic heterocycles. The Morgan fingerprint density at radius 3 is 2.00 bits per heavy atom. The van der Waals surface area contributed by atoms with Crippen LogP contribution in [0, 0.1) is 18.3 Å². The summed E-state index contributed by atoms with van der Waals surface area (Å²) in [5, 5.41) is 0. The second kappa shape index (κ2) is 2.94. The van der Waals surface area contributed by atoms with Gasteiger partial charge in [0.15, 0.2) is 0 Å². The molecule has 0 aliphatic heterocycles. The van der Waals surface area contributed by atoms with E-state index in [2.05, 4.69) is 6.42 Å². The van der Waals surface area contributed by atoms with E-state index in [4.69, 9.17) is 0 Å². The number of hydrogen-bond donors (Lipinski definition) is 0. The summed E-state index contributed by atoms with van der Waals surface area (Å²) >= 11 is 0. The Balaban J connectivity index is 1.95. The fourth-order valence-electron chi connectivity index (χ4n) is 2.61. The molecular weight excluding hydrogens is 120 g/mol. The Hall–Kier alpha value is 0. The molecule has 10 heavy (non-hydrogen) atoms. The SMILES string of the molecule is [CH]1CC2CCCCCC2C1. The molecule has 0 amide bonds. The van der Waals surface area contributed by atoms with Gasteiger partial charge in [0.25, 0.3) is 0 Å². The van der Waals surface area contributed by atoms with Crippen LogP contribution in [-0.4, -0.2) is 0 Å². The van der Waals surface area contributed by atoms with Crippen LogP contribution in [0.5, 0.6) is 0 Å². The highest BCUT2D eigenvalue weighted by Gasteiger charge is 2.27. The monoisotopic (exact) mass is 137 g/mol. The Kier molecular flexibility index (Phi) is 1.97. The van der Waals surface area contributed by atoms with E-state index in [0.29, 0.717) is 0 Å². The van der Waals surface area contributed by atoms with E-state index in [0.717, 1.165) is 11.8 Å². The molecule has 2 fully saturated rings. The van der Waals surface area contributed by atoms with Gasteiger partial charge in [-0.15, -0.1) is 0 Å². The van der Waals surface area contributed by atoms with E-state index in [-0.39, 0.29) is 0 Å². The van der Waals surface area contributed by atoms with Gasteiger partial charge in [-0.1, -0.05) is 32.1 Å². The molecule has 0 heterocycles. The molecule has 2 unspecified atom stereocenters. The normalized spacial score (nSPS) is 40.8. The second-order valence-corrected chi connectivity index (χ2v) is 3.92. The standard InChI is InChI=1S/C10H17/c1-2-5-9-7-4-8-10(9)6-3-1/h4,9-10H,1-3,5-8H2. The van der Waals surface area contributed by atoms with Gasteiger partial charge < -0.3 is 0 Å². The first-order valence-electron chi connectivity index (χ1n) is 4.78. The second-order valence-electron chi connectivity index (χ2n) is 3.92. The van der Waals surface area contributed by atoms with Crippen molar-refractivity contribution in [3.8, 4) is 0 Å². The van der Waals surface area contributed by atoms with Crippen molar-refractivity contribution in [1.29, 1.82) is 0 Å². The highest BCUT2D eigenvalue weighted by molar-refractivity contribution is 4.88. The van der Waals surface area contributed by atoms with E-state index < -0.39 is 0 Å². The molecule has 2 saturated carbocycles. The van der Waals surface area contributed by atoms with Gasteiger partial charge in [0, 0.05) is 0 Å². The van der Waals surface area contributed by atoms with Crippen molar-refractivity contribution in [1.82, 2.24) is 0 Å². The predicted octanol–water partition coefficient (Wildman–Crippen LogP) is 3.18. The molecule has 0 aromatic rings. The molecule has 0 heteroatoms. The summed E-state index contributed by atoms with van der Waals surface area (Å²) in [6, 6.07) is 0. The summed E-state index contributed by atoms with van der Waals surface area (Å²) in [6.45, 7) is 0. The molecule has 2 aliphatic rings. The van der Waals surface area contributed by atoms with Crippen molar-refractivity contribution in [2.45, 2.75) is 44.9 Å². The van der Waals surface area contributed by atoms with Gasteiger partial charge in [-0.25, -0.2) is 0 Å². The minimum Gasteiger partial charge on any atom is -0.0533 e. The van der Waals surface area contributed by atoms with Gasteiger partial charge in [0.1, 0.15) is 0 Å². The lowest BCUT2D eigenvalue weighted by Gasteiger charge is -2.14. The number of fused-ring (bicyclic) bond motifs is 1. The maximum Gasteiger partial charge on any atom is -0.0380 e. The fraction of sp³-hybridized carbons (Fsp3) is 0.900. The van der Waals surface area contributed by atoms with Crippen LogP contribution in [0.3, 0.4) is 0 Å². The van der Waals surface area contributed by atoms with Gasteiger partial charge in [0.05, 0.1) is 0 Å². The van der Waals surface area contributed by atoms with E-state index in [1.54, 1.807) is 0 Å². The van der Waals surface area contributed by atoms with Crippen LogP contribution in [0.15, 0.2) is 0 Å². The Labute approximate surface area is 64.0 Å². The smallest absolute Gasteiger partial charge is 0.0380 e. The average molecular weight is 137 g/mol. The zero-order chi connectivity index (χ0) is 6.81. The van der Waals surface area contributed by atoms with Gasteiger partial charge in [-0.3, -0.25) is 0 Å². The van der Waals surface area contributed by atoms with E-state index in [1.807, 2.05) is 0 Å². The van der Waals surface area contributed by atoms with Crippen LogP contribution < -0.4 is 0 Å². The van der Waals surface area contributed by atoms with Gasteiger partial charge in [-0.05, 0) is 31.1 Å². The molecule has 0 spiro atoms. The minimum atomic E-state index is 1.10. The van der Waals surface area contributed by atoms with Gasteiger partial charge in [0.2, 0.25) is 0 Å². The zero-order valence-electron chi connectivity index (χ0n) is 6.68. The third-order valence-corrected chi connectivity index (χ3v) is 3.26. The van der Waals surface area contributed by atoms with Crippen LogP contribution in [0.4, 0.5) is 0 Å².